The molecule has 0 N–H and O–H groups in total. The largest absolute Gasteiger partial charge is 0.497 e. The highest BCUT2D eigenvalue weighted by atomic mass is 79.9. The SMILES string of the molecule is COc1ccc(C(=O)c2scc(C)c2Cl)c(Br)c1. The molecule has 0 aliphatic rings. The predicted octanol–water partition coefficient (Wildman–Crippen LogP) is 4.71. The van der Waals surface area contributed by atoms with E-state index in [-0.39, 0.29) is 5.78 Å². The fourth-order valence-corrected chi connectivity index (χ4v) is 3.28. The molecule has 0 bridgehead atoms. The van der Waals surface area contributed by atoms with E-state index < -0.39 is 0 Å². The van der Waals surface area contributed by atoms with Gasteiger partial charge in [-0.1, -0.05) is 11.6 Å². The van der Waals surface area contributed by atoms with Gasteiger partial charge in [0.1, 0.15) is 5.75 Å². The van der Waals surface area contributed by atoms with Crippen LogP contribution in [-0.4, -0.2) is 12.9 Å². The average molecular weight is 346 g/mol. The van der Waals surface area contributed by atoms with Crippen LogP contribution in [0.2, 0.25) is 5.02 Å². The summed E-state index contributed by atoms with van der Waals surface area (Å²) in [6.45, 7) is 1.89. The number of halogens is 2. The topological polar surface area (TPSA) is 26.3 Å². The van der Waals surface area contributed by atoms with Gasteiger partial charge in [0, 0.05) is 10.0 Å². The molecule has 0 amide bonds. The Morgan fingerprint density at radius 3 is 2.67 bits per heavy atom. The summed E-state index contributed by atoms with van der Waals surface area (Å²) in [7, 11) is 1.59. The summed E-state index contributed by atoms with van der Waals surface area (Å²) >= 11 is 10.9. The van der Waals surface area contributed by atoms with Crippen molar-refractivity contribution < 1.29 is 9.53 Å². The smallest absolute Gasteiger partial charge is 0.205 e. The minimum Gasteiger partial charge on any atom is -0.497 e. The van der Waals surface area contributed by atoms with E-state index in [9.17, 15) is 4.79 Å². The average Bonchev–Trinajstić information content (AvgIpc) is 2.69. The lowest BCUT2D eigenvalue weighted by Gasteiger charge is -2.05. The number of aryl methyl sites for hydroxylation is 1. The van der Waals surface area contributed by atoms with Gasteiger partial charge in [-0.15, -0.1) is 11.3 Å². The zero-order valence-electron chi connectivity index (χ0n) is 9.79. The molecule has 0 aliphatic carbocycles. The molecule has 1 aromatic carbocycles. The Labute approximate surface area is 123 Å². The second-order valence-electron chi connectivity index (χ2n) is 3.74. The summed E-state index contributed by atoms with van der Waals surface area (Å²) in [4.78, 5) is 12.9. The van der Waals surface area contributed by atoms with E-state index in [1.54, 1.807) is 25.3 Å². The number of ether oxygens (including phenoxy) is 1. The van der Waals surface area contributed by atoms with Crippen LogP contribution in [0.5, 0.6) is 5.75 Å². The molecule has 0 atom stereocenters. The van der Waals surface area contributed by atoms with Crippen molar-refractivity contribution in [1.82, 2.24) is 0 Å². The number of hydrogen-bond acceptors (Lipinski definition) is 3. The lowest BCUT2D eigenvalue weighted by Crippen LogP contribution is -2.01. The van der Waals surface area contributed by atoms with Crippen LogP contribution in [0.3, 0.4) is 0 Å². The molecule has 0 fully saturated rings. The van der Waals surface area contributed by atoms with E-state index in [4.69, 9.17) is 16.3 Å². The van der Waals surface area contributed by atoms with E-state index >= 15 is 0 Å². The first-order chi connectivity index (χ1) is 8.54. The molecule has 0 saturated heterocycles. The van der Waals surface area contributed by atoms with Gasteiger partial charge in [0.2, 0.25) is 5.78 Å². The van der Waals surface area contributed by atoms with Crippen molar-refractivity contribution in [1.29, 1.82) is 0 Å². The molecule has 94 valence electrons. The van der Waals surface area contributed by atoms with Crippen LogP contribution in [0.1, 0.15) is 20.8 Å². The number of carbonyl (C=O) groups is 1. The zero-order valence-corrected chi connectivity index (χ0v) is 12.9. The maximum absolute atomic E-state index is 12.4. The van der Waals surface area contributed by atoms with Gasteiger partial charge >= 0.3 is 0 Å². The van der Waals surface area contributed by atoms with Gasteiger partial charge < -0.3 is 4.74 Å². The van der Waals surface area contributed by atoms with Gasteiger partial charge in [0.15, 0.2) is 0 Å². The van der Waals surface area contributed by atoms with Crippen molar-refractivity contribution >= 4 is 44.7 Å². The molecule has 0 radical (unpaired) electrons. The third kappa shape index (κ3) is 2.46. The Morgan fingerprint density at radius 2 is 2.17 bits per heavy atom. The second kappa shape index (κ2) is 5.43. The third-order valence-corrected chi connectivity index (χ3v) is 4.88. The Bertz CT molecular complexity index is 607. The van der Waals surface area contributed by atoms with E-state index in [0.29, 0.717) is 25.7 Å². The van der Waals surface area contributed by atoms with Crippen LogP contribution in [-0.2, 0) is 0 Å². The van der Waals surface area contributed by atoms with Gasteiger partial charge in [-0.2, -0.15) is 0 Å². The van der Waals surface area contributed by atoms with Crippen molar-refractivity contribution in [3.8, 4) is 5.75 Å². The molecule has 0 spiro atoms. The van der Waals surface area contributed by atoms with Crippen LogP contribution < -0.4 is 4.74 Å². The number of carbonyl (C=O) groups excluding carboxylic acids is 1. The third-order valence-electron chi connectivity index (χ3n) is 2.53. The maximum atomic E-state index is 12.4. The normalized spacial score (nSPS) is 10.4. The van der Waals surface area contributed by atoms with Crippen molar-refractivity contribution in [2.45, 2.75) is 6.92 Å². The van der Waals surface area contributed by atoms with Gasteiger partial charge in [-0.05, 0) is 52.0 Å². The van der Waals surface area contributed by atoms with Crippen LogP contribution in [0, 0.1) is 6.92 Å². The number of ketones is 1. The molecule has 2 aromatic rings. The molecule has 2 rings (SSSR count). The fraction of sp³-hybridized carbons (Fsp3) is 0.154. The number of thiophene rings is 1. The van der Waals surface area contributed by atoms with Crippen molar-refractivity contribution in [2.24, 2.45) is 0 Å². The molecule has 18 heavy (non-hydrogen) atoms. The van der Waals surface area contributed by atoms with Gasteiger partial charge in [0.05, 0.1) is 17.0 Å². The minimum atomic E-state index is -0.0763. The Balaban J connectivity index is 2.43. The summed E-state index contributed by atoms with van der Waals surface area (Å²) in [5.74, 6) is 0.625. The summed E-state index contributed by atoms with van der Waals surface area (Å²) in [5, 5.41) is 2.42. The minimum absolute atomic E-state index is 0.0763. The molecule has 5 heteroatoms. The van der Waals surface area contributed by atoms with E-state index in [2.05, 4.69) is 15.9 Å². The predicted molar refractivity (Wildman–Crippen MR) is 78.2 cm³/mol. The van der Waals surface area contributed by atoms with E-state index in [1.807, 2.05) is 12.3 Å². The number of benzene rings is 1. The van der Waals surface area contributed by atoms with Crippen molar-refractivity contribution in [3.05, 3.63) is 49.1 Å². The first-order valence-corrected chi connectivity index (χ1v) is 7.21. The Kier molecular flexibility index (Phi) is 4.10. The highest BCUT2D eigenvalue weighted by molar-refractivity contribution is 9.10. The summed E-state index contributed by atoms with van der Waals surface area (Å²) in [6, 6.07) is 5.25. The standard InChI is InChI=1S/C13H10BrClO2S/c1-7-6-18-13(11(7)15)12(16)9-4-3-8(17-2)5-10(9)14/h3-6H,1-2H3. The monoisotopic (exact) mass is 344 g/mol. The van der Waals surface area contributed by atoms with Gasteiger partial charge in [0.25, 0.3) is 0 Å². The molecule has 0 unspecified atom stereocenters. The molecule has 0 aliphatic heterocycles. The number of rotatable bonds is 3. The van der Waals surface area contributed by atoms with Crippen molar-refractivity contribution in [2.75, 3.05) is 7.11 Å². The Hall–Kier alpha value is -0.840. The first-order valence-electron chi connectivity index (χ1n) is 5.16. The fourth-order valence-electron chi connectivity index (χ4n) is 1.51. The molecule has 1 heterocycles. The number of methoxy groups -OCH3 is 1. The summed E-state index contributed by atoms with van der Waals surface area (Å²) < 4.78 is 5.80. The van der Waals surface area contributed by atoms with Gasteiger partial charge in [-0.25, -0.2) is 0 Å². The molecule has 0 saturated carbocycles. The maximum Gasteiger partial charge on any atom is 0.205 e. The molecular formula is C13H10BrClO2S. The van der Waals surface area contributed by atoms with E-state index in [1.165, 1.54) is 11.3 Å². The Morgan fingerprint density at radius 1 is 1.44 bits per heavy atom. The van der Waals surface area contributed by atoms with Gasteiger partial charge in [-0.3, -0.25) is 4.79 Å². The second-order valence-corrected chi connectivity index (χ2v) is 5.85. The summed E-state index contributed by atoms with van der Waals surface area (Å²) in [5.41, 5.74) is 1.51. The van der Waals surface area contributed by atoms with Crippen LogP contribution >= 0.6 is 38.9 Å². The molecular weight excluding hydrogens is 336 g/mol. The van der Waals surface area contributed by atoms with Crippen LogP contribution in [0.4, 0.5) is 0 Å². The zero-order chi connectivity index (χ0) is 13.3. The van der Waals surface area contributed by atoms with Crippen molar-refractivity contribution in [3.63, 3.8) is 0 Å². The lowest BCUT2D eigenvalue weighted by molar-refractivity contribution is 0.104. The molecule has 1 aromatic heterocycles. The molecule has 2 nitrogen and oxygen atoms in total. The van der Waals surface area contributed by atoms with Crippen LogP contribution in [0.25, 0.3) is 0 Å². The quantitative estimate of drug-likeness (QED) is 0.753. The first kappa shape index (κ1) is 13.6. The highest BCUT2D eigenvalue weighted by Gasteiger charge is 2.18. The van der Waals surface area contributed by atoms with E-state index in [0.717, 1.165) is 5.56 Å². The van der Waals surface area contributed by atoms with Crippen LogP contribution in [0.15, 0.2) is 28.1 Å². The number of hydrogen-bond donors (Lipinski definition) is 0. The lowest BCUT2D eigenvalue weighted by atomic mass is 10.1. The summed E-state index contributed by atoms with van der Waals surface area (Å²) in [6.07, 6.45) is 0. The highest BCUT2D eigenvalue weighted by Crippen LogP contribution is 2.32.